The molecule has 0 unspecified atom stereocenters. The number of hydrogen-bond acceptors (Lipinski definition) is 0. The zero-order chi connectivity index (χ0) is 16.8. The van der Waals surface area contributed by atoms with Crippen molar-refractivity contribution in [3.05, 3.63) is 84.3 Å². The molecule has 0 bridgehead atoms. The van der Waals surface area contributed by atoms with Crippen molar-refractivity contribution in [3.8, 4) is 0 Å². The lowest BCUT2D eigenvalue weighted by Crippen LogP contribution is -1.85. The third kappa shape index (κ3) is 10.8. The van der Waals surface area contributed by atoms with E-state index in [1.165, 1.54) is 18.1 Å². The first-order valence-electron chi connectivity index (χ1n) is 7.76. The molecule has 0 N–H and O–H groups in total. The van der Waals surface area contributed by atoms with Crippen LogP contribution >= 0.6 is 0 Å². The molecule has 0 heterocycles. The van der Waals surface area contributed by atoms with E-state index in [-0.39, 0.29) is 5.83 Å². The van der Waals surface area contributed by atoms with Gasteiger partial charge in [0.2, 0.25) is 0 Å². The van der Waals surface area contributed by atoms with E-state index in [9.17, 15) is 4.39 Å². The topological polar surface area (TPSA) is 0 Å². The molecule has 1 heteroatoms. The third-order valence-corrected chi connectivity index (χ3v) is 3.10. The second-order valence-electron chi connectivity index (χ2n) is 5.31. The Balaban J connectivity index is 4.92. The highest BCUT2D eigenvalue weighted by atomic mass is 19.1. The van der Waals surface area contributed by atoms with Crippen LogP contribution in [-0.4, -0.2) is 0 Å². The first-order chi connectivity index (χ1) is 10.5. The molecule has 0 rings (SSSR count). The summed E-state index contributed by atoms with van der Waals surface area (Å²) in [6.45, 7) is 13.1. The van der Waals surface area contributed by atoms with Crippen LogP contribution in [0, 0.1) is 0 Å². The fourth-order valence-corrected chi connectivity index (χ4v) is 2.01. The Morgan fingerprint density at radius 2 is 1.82 bits per heavy atom. The minimum absolute atomic E-state index is 0.142. The molecule has 0 spiro atoms. The Labute approximate surface area is 135 Å². The zero-order valence-electron chi connectivity index (χ0n) is 14.2. The Hall–Kier alpha value is -1.89. The van der Waals surface area contributed by atoms with Gasteiger partial charge in [0.05, 0.1) is 5.83 Å². The fourth-order valence-electron chi connectivity index (χ4n) is 2.01. The van der Waals surface area contributed by atoms with Gasteiger partial charge in [-0.15, -0.1) is 6.58 Å². The second-order valence-corrected chi connectivity index (χ2v) is 5.31. The second kappa shape index (κ2) is 12.8. The molecular formula is C21H29F. The van der Waals surface area contributed by atoms with Crippen LogP contribution in [0.4, 0.5) is 4.39 Å². The molecular weight excluding hydrogens is 271 g/mol. The van der Waals surface area contributed by atoms with Gasteiger partial charge in [0.25, 0.3) is 0 Å². The maximum atomic E-state index is 12.9. The van der Waals surface area contributed by atoms with Crippen LogP contribution in [0.15, 0.2) is 84.3 Å². The molecule has 0 fully saturated rings. The van der Waals surface area contributed by atoms with Crippen molar-refractivity contribution in [1.29, 1.82) is 0 Å². The summed E-state index contributed by atoms with van der Waals surface area (Å²) in [5.41, 5.74) is 3.70. The van der Waals surface area contributed by atoms with E-state index in [2.05, 4.69) is 44.4 Å². The Morgan fingerprint density at radius 1 is 1.09 bits per heavy atom. The number of allylic oxidation sites excluding steroid dienone is 12. The van der Waals surface area contributed by atoms with Crippen LogP contribution in [-0.2, 0) is 0 Å². The largest absolute Gasteiger partial charge is 0.212 e. The standard InChI is InChI=1S/C21H29F/c1-6-9-12-20(10-7-2)15-13-18(4)17-21(11-8-3)16-14-19(5)22/h6-8,10-11,13-15H,1,3,9,12,16-17H2,2,4-5H3/b10-7-,18-13+,19-14+,20-15+,21-11+. The van der Waals surface area contributed by atoms with Gasteiger partial charge < -0.3 is 0 Å². The summed E-state index contributed by atoms with van der Waals surface area (Å²) in [4.78, 5) is 0. The third-order valence-electron chi connectivity index (χ3n) is 3.10. The monoisotopic (exact) mass is 300 g/mol. The molecule has 0 atom stereocenters. The Kier molecular flexibility index (Phi) is 11.7. The first-order valence-corrected chi connectivity index (χ1v) is 7.76. The first kappa shape index (κ1) is 20.1. The van der Waals surface area contributed by atoms with Crippen LogP contribution in [0.5, 0.6) is 0 Å². The predicted octanol–water partition coefficient (Wildman–Crippen LogP) is 7.17. The molecule has 0 saturated heterocycles. The van der Waals surface area contributed by atoms with Crippen molar-refractivity contribution in [3.63, 3.8) is 0 Å². The highest BCUT2D eigenvalue weighted by Gasteiger charge is 1.98. The van der Waals surface area contributed by atoms with Gasteiger partial charge in [-0.2, -0.15) is 0 Å². The van der Waals surface area contributed by atoms with Crippen LogP contribution in [0.1, 0.15) is 46.5 Å². The van der Waals surface area contributed by atoms with E-state index < -0.39 is 0 Å². The molecule has 0 saturated carbocycles. The molecule has 0 aromatic rings. The van der Waals surface area contributed by atoms with Crippen LogP contribution in [0.3, 0.4) is 0 Å². The van der Waals surface area contributed by atoms with Gasteiger partial charge in [-0.3, -0.25) is 0 Å². The Morgan fingerprint density at radius 3 is 2.36 bits per heavy atom. The van der Waals surface area contributed by atoms with Gasteiger partial charge >= 0.3 is 0 Å². The lowest BCUT2D eigenvalue weighted by Gasteiger charge is -2.05. The van der Waals surface area contributed by atoms with Crippen molar-refractivity contribution < 1.29 is 4.39 Å². The van der Waals surface area contributed by atoms with Crippen molar-refractivity contribution in [1.82, 2.24) is 0 Å². The highest BCUT2D eigenvalue weighted by molar-refractivity contribution is 5.28. The maximum absolute atomic E-state index is 12.9. The normalized spacial score (nSPS) is 14.5. The average Bonchev–Trinajstić information content (AvgIpc) is 2.47. The quantitative estimate of drug-likeness (QED) is 0.296. The number of rotatable bonds is 10. The summed E-state index contributed by atoms with van der Waals surface area (Å²) >= 11 is 0. The minimum Gasteiger partial charge on any atom is -0.212 e. The number of halogens is 1. The minimum atomic E-state index is -0.142. The average molecular weight is 300 g/mol. The summed E-state index contributed by atoms with van der Waals surface area (Å²) in [5.74, 6) is -0.142. The summed E-state index contributed by atoms with van der Waals surface area (Å²) in [6.07, 6.45) is 19.2. The summed E-state index contributed by atoms with van der Waals surface area (Å²) in [5, 5.41) is 0. The van der Waals surface area contributed by atoms with E-state index in [4.69, 9.17) is 0 Å². The van der Waals surface area contributed by atoms with Gasteiger partial charge in [-0.05, 0) is 58.1 Å². The molecule has 0 aliphatic heterocycles. The van der Waals surface area contributed by atoms with Crippen molar-refractivity contribution in [2.24, 2.45) is 0 Å². The van der Waals surface area contributed by atoms with Crippen molar-refractivity contribution >= 4 is 0 Å². The number of hydrogen-bond donors (Lipinski definition) is 0. The molecule has 120 valence electrons. The van der Waals surface area contributed by atoms with E-state index in [0.717, 1.165) is 24.8 Å². The SMILES string of the molecule is C=C/C=C(\C/C=C(\C)F)C/C(C)=C/C=C(\C=C/C)CCC=C. The van der Waals surface area contributed by atoms with Crippen molar-refractivity contribution in [2.45, 2.75) is 46.5 Å². The molecule has 0 aromatic heterocycles. The van der Waals surface area contributed by atoms with E-state index >= 15 is 0 Å². The molecule has 0 aliphatic carbocycles. The van der Waals surface area contributed by atoms with Gasteiger partial charge in [0.1, 0.15) is 0 Å². The fraction of sp³-hybridized carbons (Fsp3) is 0.333. The van der Waals surface area contributed by atoms with Gasteiger partial charge in [-0.25, -0.2) is 4.39 Å². The predicted molar refractivity (Wildman–Crippen MR) is 98.5 cm³/mol. The molecule has 0 radical (unpaired) electrons. The summed E-state index contributed by atoms with van der Waals surface area (Å²) in [6, 6.07) is 0. The lowest BCUT2D eigenvalue weighted by atomic mass is 10.0. The maximum Gasteiger partial charge on any atom is 0.0932 e. The van der Waals surface area contributed by atoms with Gasteiger partial charge in [0, 0.05) is 0 Å². The molecule has 0 amide bonds. The summed E-state index contributed by atoms with van der Waals surface area (Å²) < 4.78 is 12.9. The smallest absolute Gasteiger partial charge is 0.0932 e. The zero-order valence-corrected chi connectivity index (χ0v) is 14.2. The van der Waals surface area contributed by atoms with E-state index in [1.54, 1.807) is 12.2 Å². The Bertz CT molecular complexity index is 492. The van der Waals surface area contributed by atoms with Crippen molar-refractivity contribution in [2.75, 3.05) is 0 Å². The molecule has 0 aliphatic rings. The van der Waals surface area contributed by atoms with E-state index in [0.29, 0.717) is 6.42 Å². The lowest BCUT2D eigenvalue weighted by molar-refractivity contribution is 0.635. The van der Waals surface area contributed by atoms with Gasteiger partial charge in [0.15, 0.2) is 0 Å². The van der Waals surface area contributed by atoms with E-state index in [1.807, 2.05) is 19.1 Å². The summed E-state index contributed by atoms with van der Waals surface area (Å²) in [7, 11) is 0. The van der Waals surface area contributed by atoms with Gasteiger partial charge in [-0.1, -0.05) is 60.3 Å². The molecule has 22 heavy (non-hydrogen) atoms. The molecule has 0 aromatic carbocycles. The molecule has 0 nitrogen and oxygen atoms in total. The van der Waals surface area contributed by atoms with Crippen LogP contribution in [0.2, 0.25) is 0 Å². The van der Waals surface area contributed by atoms with Crippen LogP contribution < -0.4 is 0 Å². The highest BCUT2D eigenvalue weighted by Crippen LogP contribution is 2.17. The van der Waals surface area contributed by atoms with Crippen LogP contribution in [0.25, 0.3) is 0 Å².